The third kappa shape index (κ3) is 3.93. The highest BCUT2D eigenvalue weighted by Crippen LogP contribution is 2.37. The smallest absolute Gasteiger partial charge is 0.225 e. The van der Waals surface area contributed by atoms with Crippen molar-refractivity contribution in [2.75, 3.05) is 29.4 Å². The zero-order chi connectivity index (χ0) is 22.1. The van der Waals surface area contributed by atoms with Crippen LogP contribution in [0.5, 0.6) is 0 Å². The second kappa shape index (κ2) is 8.61. The second-order valence-electron chi connectivity index (χ2n) is 8.43. The highest BCUT2D eigenvalue weighted by Gasteiger charge is 2.41. The van der Waals surface area contributed by atoms with Gasteiger partial charge in [0.25, 0.3) is 0 Å². The van der Waals surface area contributed by atoms with Crippen LogP contribution in [-0.4, -0.2) is 31.6 Å². The number of hydrogen-bond acceptors (Lipinski definition) is 3. The molecule has 0 saturated carbocycles. The molecule has 1 N–H and O–H groups in total. The van der Waals surface area contributed by atoms with E-state index in [1.54, 1.807) is 30.3 Å². The minimum absolute atomic E-state index is 0.0238. The van der Waals surface area contributed by atoms with Gasteiger partial charge < -0.3 is 15.1 Å². The number of para-hydroxylation sites is 1. The Bertz CT molecular complexity index is 1120. The predicted octanol–water partition coefficient (Wildman–Crippen LogP) is 4.15. The number of halogens is 2. The zero-order valence-electron chi connectivity index (χ0n) is 17.7. The Labute approximate surface area is 186 Å². The summed E-state index contributed by atoms with van der Waals surface area (Å²) in [7, 11) is 0. The van der Waals surface area contributed by atoms with Crippen molar-refractivity contribution in [2.24, 2.45) is 5.92 Å². The molecule has 164 valence electrons. The minimum atomic E-state index is -0.316. The van der Waals surface area contributed by atoms with Gasteiger partial charge in [0.2, 0.25) is 5.91 Å². The number of benzene rings is 3. The first kappa shape index (κ1) is 20.5. The predicted molar refractivity (Wildman–Crippen MR) is 122 cm³/mol. The molecule has 32 heavy (non-hydrogen) atoms. The highest BCUT2D eigenvalue weighted by atomic mass is 19.1. The molecule has 0 aromatic heterocycles. The van der Waals surface area contributed by atoms with Gasteiger partial charge in [0, 0.05) is 43.1 Å². The minimum Gasteiger partial charge on any atom is -0.368 e. The number of amides is 1. The van der Waals surface area contributed by atoms with Crippen molar-refractivity contribution in [2.45, 2.75) is 19.0 Å². The summed E-state index contributed by atoms with van der Waals surface area (Å²) in [6.45, 7) is 2.39. The zero-order valence-corrected chi connectivity index (χ0v) is 17.7. The van der Waals surface area contributed by atoms with Crippen molar-refractivity contribution >= 4 is 17.3 Å². The first-order valence-electron chi connectivity index (χ1n) is 11.0. The Balaban J connectivity index is 1.39. The fourth-order valence-corrected chi connectivity index (χ4v) is 4.90. The number of carbonyl (C=O) groups excluding carboxylic acids is 1. The summed E-state index contributed by atoms with van der Waals surface area (Å²) in [4.78, 5) is 17.8. The summed E-state index contributed by atoms with van der Waals surface area (Å²) in [6.07, 6.45) is 0.637. The van der Waals surface area contributed by atoms with E-state index in [1.165, 1.54) is 23.9 Å². The van der Waals surface area contributed by atoms with Gasteiger partial charge in [0.05, 0.1) is 12.0 Å². The number of carbonyl (C=O) groups is 1. The number of fused-ring (bicyclic) bond motifs is 3. The van der Waals surface area contributed by atoms with Crippen LogP contribution < -0.4 is 15.1 Å². The van der Waals surface area contributed by atoms with Crippen LogP contribution in [0.4, 0.5) is 20.2 Å². The summed E-state index contributed by atoms with van der Waals surface area (Å²) in [6, 6.07) is 21.2. The lowest BCUT2D eigenvalue weighted by Gasteiger charge is -2.49. The van der Waals surface area contributed by atoms with E-state index >= 15 is 0 Å². The lowest BCUT2D eigenvalue weighted by molar-refractivity contribution is -0.126. The summed E-state index contributed by atoms with van der Waals surface area (Å²) >= 11 is 0. The average molecular weight is 434 g/mol. The number of nitrogens with one attached hydrogen (secondary N) is 1. The Kier molecular flexibility index (Phi) is 5.52. The van der Waals surface area contributed by atoms with Gasteiger partial charge in [-0.2, -0.15) is 0 Å². The van der Waals surface area contributed by atoms with Crippen molar-refractivity contribution in [3.8, 4) is 0 Å². The van der Waals surface area contributed by atoms with E-state index in [4.69, 9.17) is 0 Å². The van der Waals surface area contributed by atoms with Crippen molar-refractivity contribution in [1.82, 2.24) is 5.32 Å². The molecule has 1 saturated heterocycles. The van der Waals surface area contributed by atoms with Crippen LogP contribution in [0.25, 0.3) is 0 Å². The van der Waals surface area contributed by atoms with Gasteiger partial charge >= 0.3 is 0 Å². The molecule has 0 bridgehead atoms. The first-order valence-corrected chi connectivity index (χ1v) is 11.0. The average Bonchev–Trinajstić information content (AvgIpc) is 2.83. The Morgan fingerprint density at radius 3 is 2.50 bits per heavy atom. The first-order chi connectivity index (χ1) is 15.6. The van der Waals surface area contributed by atoms with Gasteiger partial charge in [0.1, 0.15) is 11.6 Å². The summed E-state index contributed by atoms with van der Waals surface area (Å²) in [5, 5.41) is 2.96. The molecule has 0 unspecified atom stereocenters. The Hall–Kier alpha value is -3.41. The molecule has 0 spiro atoms. The van der Waals surface area contributed by atoms with Crippen LogP contribution in [0, 0.1) is 17.6 Å². The topological polar surface area (TPSA) is 35.6 Å². The molecule has 0 aliphatic carbocycles. The van der Waals surface area contributed by atoms with Crippen LogP contribution in [0.2, 0.25) is 0 Å². The van der Waals surface area contributed by atoms with Gasteiger partial charge in [-0.15, -0.1) is 0 Å². The standard InChI is InChI=1S/C26H25F2N3O/c27-20-9-11-21(12-10-20)30-13-14-31-24-8-4-2-5-18(24)15-22(25(31)17-30)26(32)29-16-19-6-1-3-7-23(19)28/h1-12,22,25H,13-17H2,(H,29,32)/t22-,25-/m0/s1. The highest BCUT2D eigenvalue weighted by molar-refractivity contribution is 5.82. The van der Waals surface area contributed by atoms with E-state index in [0.29, 0.717) is 18.5 Å². The third-order valence-corrected chi connectivity index (χ3v) is 6.56. The van der Waals surface area contributed by atoms with Gasteiger partial charge in [0.15, 0.2) is 0 Å². The lowest BCUT2D eigenvalue weighted by atomic mass is 9.83. The molecule has 2 atom stereocenters. The van der Waals surface area contributed by atoms with E-state index in [-0.39, 0.29) is 36.0 Å². The number of rotatable bonds is 4. The third-order valence-electron chi connectivity index (χ3n) is 6.56. The molecule has 1 fully saturated rings. The number of anilines is 2. The van der Waals surface area contributed by atoms with E-state index < -0.39 is 0 Å². The SMILES string of the molecule is O=C(NCc1ccccc1F)[C@H]1Cc2ccccc2N2CCN(c3ccc(F)cc3)C[C@@H]12. The molecule has 2 heterocycles. The largest absolute Gasteiger partial charge is 0.368 e. The van der Waals surface area contributed by atoms with E-state index in [9.17, 15) is 13.6 Å². The van der Waals surface area contributed by atoms with Crippen molar-refractivity contribution < 1.29 is 13.6 Å². The molecule has 1 amide bonds. The Morgan fingerprint density at radius 2 is 1.69 bits per heavy atom. The van der Waals surface area contributed by atoms with Gasteiger partial charge in [-0.05, 0) is 48.4 Å². The number of piperazine rings is 1. The molecule has 5 rings (SSSR count). The van der Waals surface area contributed by atoms with Gasteiger partial charge in [-0.3, -0.25) is 4.79 Å². The second-order valence-corrected chi connectivity index (χ2v) is 8.43. The van der Waals surface area contributed by atoms with Crippen molar-refractivity contribution in [3.63, 3.8) is 0 Å². The summed E-state index contributed by atoms with van der Waals surface area (Å²) < 4.78 is 27.4. The fourth-order valence-electron chi connectivity index (χ4n) is 4.90. The van der Waals surface area contributed by atoms with Crippen LogP contribution in [0.3, 0.4) is 0 Å². The molecular formula is C26H25F2N3O. The normalized spacial score (nSPS) is 19.8. The molecule has 4 nitrogen and oxygen atoms in total. The van der Waals surface area contributed by atoms with E-state index in [0.717, 1.165) is 24.3 Å². The van der Waals surface area contributed by atoms with Crippen LogP contribution in [0.15, 0.2) is 72.8 Å². The van der Waals surface area contributed by atoms with Gasteiger partial charge in [-0.25, -0.2) is 8.78 Å². The van der Waals surface area contributed by atoms with Crippen molar-refractivity contribution in [3.05, 3.63) is 95.6 Å². The molecule has 0 radical (unpaired) electrons. The molecule has 6 heteroatoms. The van der Waals surface area contributed by atoms with E-state index in [1.807, 2.05) is 12.1 Å². The van der Waals surface area contributed by atoms with Gasteiger partial charge in [-0.1, -0.05) is 36.4 Å². The molecule has 2 aliphatic rings. The van der Waals surface area contributed by atoms with E-state index in [2.05, 4.69) is 27.2 Å². The van der Waals surface area contributed by atoms with Crippen LogP contribution >= 0.6 is 0 Å². The number of nitrogens with zero attached hydrogens (tertiary/aromatic N) is 2. The maximum absolute atomic E-state index is 14.0. The number of hydrogen-bond donors (Lipinski definition) is 1. The summed E-state index contributed by atoms with van der Waals surface area (Å²) in [5.41, 5.74) is 3.76. The molecular weight excluding hydrogens is 408 g/mol. The fraction of sp³-hybridized carbons (Fsp3) is 0.269. The summed E-state index contributed by atoms with van der Waals surface area (Å²) in [5.74, 6) is -0.911. The Morgan fingerprint density at radius 1 is 0.938 bits per heavy atom. The van der Waals surface area contributed by atoms with Crippen LogP contribution in [0.1, 0.15) is 11.1 Å². The lowest BCUT2D eigenvalue weighted by Crippen LogP contribution is -2.61. The maximum Gasteiger partial charge on any atom is 0.225 e. The molecule has 3 aromatic carbocycles. The molecule has 2 aliphatic heterocycles. The monoisotopic (exact) mass is 433 g/mol. The quantitative estimate of drug-likeness (QED) is 0.672. The van der Waals surface area contributed by atoms with Crippen molar-refractivity contribution in [1.29, 1.82) is 0 Å². The maximum atomic E-state index is 14.0. The molecule has 3 aromatic rings. The van der Waals surface area contributed by atoms with Crippen LogP contribution in [-0.2, 0) is 17.8 Å².